The smallest absolute Gasteiger partial charge is 0.224 e. The van der Waals surface area contributed by atoms with E-state index < -0.39 is 0 Å². The summed E-state index contributed by atoms with van der Waals surface area (Å²) < 4.78 is 6.17. The van der Waals surface area contributed by atoms with Crippen molar-refractivity contribution >= 4 is 21.8 Å². The van der Waals surface area contributed by atoms with Crippen LogP contribution in [0.1, 0.15) is 31.2 Å². The molecule has 0 saturated heterocycles. The number of nitrogens with one attached hydrogen (secondary N) is 1. The Hall–Kier alpha value is -0.870. The molecule has 1 amide bonds. The average Bonchev–Trinajstić information content (AvgIpc) is 3.18. The number of carbonyl (C=O) groups excluding carboxylic acids is 1. The lowest BCUT2D eigenvalue weighted by Gasteiger charge is -2.15. The Balaban J connectivity index is 1.90. The summed E-state index contributed by atoms with van der Waals surface area (Å²) in [6, 6.07) is 8.35. The van der Waals surface area contributed by atoms with E-state index in [1.165, 1.54) is 5.56 Å². The zero-order valence-electron chi connectivity index (χ0n) is 11.4. The Morgan fingerprint density at radius 1 is 1.58 bits per heavy atom. The van der Waals surface area contributed by atoms with Gasteiger partial charge in [-0.2, -0.15) is 0 Å². The van der Waals surface area contributed by atoms with Gasteiger partial charge in [-0.3, -0.25) is 4.79 Å². The summed E-state index contributed by atoms with van der Waals surface area (Å²) in [5, 5.41) is 3.07. The van der Waals surface area contributed by atoms with Crippen LogP contribution in [0.3, 0.4) is 0 Å². The molecule has 1 aliphatic rings. The van der Waals surface area contributed by atoms with Crippen molar-refractivity contribution in [3.05, 3.63) is 34.3 Å². The summed E-state index contributed by atoms with van der Waals surface area (Å²) in [6.45, 7) is 2.64. The molecule has 0 heterocycles. The molecule has 0 spiro atoms. The highest BCUT2D eigenvalue weighted by Crippen LogP contribution is 2.48. The van der Waals surface area contributed by atoms with Crippen LogP contribution < -0.4 is 5.32 Å². The zero-order valence-corrected chi connectivity index (χ0v) is 12.9. The standard InChI is InChI=1S/C15H20BrNO2/c1-3-12(9-19-2)17-15(18)14-8-13(14)10-5-4-6-11(16)7-10/h4-7,12-14H,3,8-9H2,1-2H3,(H,17,18). The fraction of sp³-hybridized carbons (Fsp3) is 0.533. The van der Waals surface area contributed by atoms with Gasteiger partial charge in [0.05, 0.1) is 12.6 Å². The number of carbonyl (C=O) groups is 1. The maximum Gasteiger partial charge on any atom is 0.224 e. The van der Waals surface area contributed by atoms with Gasteiger partial charge in [0.25, 0.3) is 0 Å². The van der Waals surface area contributed by atoms with Crippen LogP contribution in [0.4, 0.5) is 0 Å². The molecule has 0 bridgehead atoms. The summed E-state index contributed by atoms with van der Waals surface area (Å²) in [6.07, 6.45) is 1.85. The number of hydrogen-bond donors (Lipinski definition) is 1. The molecule has 3 unspecified atom stereocenters. The van der Waals surface area contributed by atoms with Crippen LogP contribution >= 0.6 is 15.9 Å². The molecule has 1 aliphatic carbocycles. The zero-order chi connectivity index (χ0) is 13.8. The van der Waals surface area contributed by atoms with E-state index in [1.807, 2.05) is 12.1 Å². The Kier molecular flexibility index (Phi) is 4.99. The Bertz CT molecular complexity index is 450. The molecule has 3 nitrogen and oxygen atoms in total. The van der Waals surface area contributed by atoms with E-state index in [2.05, 4.69) is 40.3 Å². The lowest BCUT2D eigenvalue weighted by atomic mass is 10.1. The average molecular weight is 326 g/mol. The van der Waals surface area contributed by atoms with Gasteiger partial charge in [0.2, 0.25) is 5.91 Å². The first-order valence-electron chi connectivity index (χ1n) is 6.70. The maximum absolute atomic E-state index is 12.1. The molecule has 1 N–H and O–H groups in total. The summed E-state index contributed by atoms with van der Waals surface area (Å²) in [7, 11) is 1.66. The highest BCUT2D eigenvalue weighted by molar-refractivity contribution is 9.10. The van der Waals surface area contributed by atoms with Gasteiger partial charge in [0, 0.05) is 17.5 Å². The molecule has 0 aliphatic heterocycles. The van der Waals surface area contributed by atoms with E-state index in [4.69, 9.17) is 4.74 Å². The number of halogens is 1. The van der Waals surface area contributed by atoms with Gasteiger partial charge in [-0.05, 0) is 36.5 Å². The van der Waals surface area contributed by atoms with Gasteiger partial charge in [-0.1, -0.05) is 35.0 Å². The molecule has 2 rings (SSSR count). The molecule has 1 aromatic rings. The minimum absolute atomic E-state index is 0.125. The third-order valence-corrected chi connectivity index (χ3v) is 4.10. The predicted octanol–water partition coefficient (Wildman–Crippen LogP) is 3.09. The second-order valence-corrected chi connectivity index (χ2v) is 5.99. The highest BCUT2D eigenvalue weighted by Gasteiger charge is 2.44. The van der Waals surface area contributed by atoms with Crippen LogP contribution in [0, 0.1) is 5.92 Å². The van der Waals surface area contributed by atoms with E-state index in [0.29, 0.717) is 12.5 Å². The quantitative estimate of drug-likeness (QED) is 0.872. The molecule has 1 fully saturated rings. The monoisotopic (exact) mass is 325 g/mol. The van der Waals surface area contributed by atoms with Crippen LogP contribution in [0.15, 0.2) is 28.7 Å². The fourth-order valence-electron chi connectivity index (χ4n) is 2.36. The number of methoxy groups -OCH3 is 1. The van der Waals surface area contributed by atoms with E-state index in [-0.39, 0.29) is 17.9 Å². The minimum atomic E-state index is 0.125. The Morgan fingerprint density at radius 2 is 2.37 bits per heavy atom. The minimum Gasteiger partial charge on any atom is -0.383 e. The molecule has 1 aromatic carbocycles. The first-order chi connectivity index (χ1) is 9.15. The molecular weight excluding hydrogens is 306 g/mol. The molecule has 4 heteroatoms. The third-order valence-electron chi connectivity index (χ3n) is 3.61. The lowest BCUT2D eigenvalue weighted by Crippen LogP contribution is -2.38. The molecule has 19 heavy (non-hydrogen) atoms. The number of amides is 1. The van der Waals surface area contributed by atoms with Crippen molar-refractivity contribution in [3.63, 3.8) is 0 Å². The van der Waals surface area contributed by atoms with Crippen LogP contribution in [0.2, 0.25) is 0 Å². The van der Waals surface area contributed by atoms with Crippen molar-refractivity contribution in [3.8, 4) is 0 Å². The van der Waals surface area contributed by atoms with Crippen LogP contribution in [0.25, 0.3) is 0 Å². The Labute approximate surface area is 122 Å². The van der Waals surface area contributed by atoms with E-state index in [1.54, 1.807) is 7.11 Å². The molecule has 3 atom stereocenters. The number of rotatable bonds is 6. The number of benzene rings is 1. The summed E-state index contributed by atoms with van der Waals surface area (Å²) >= 11 is 3.47. The van der Waals surface area contributed by atoms with Gasteiger partial charge in [0.15, 0.2) is 0 Å². The SMILES string of the molecule is CCC(COC)NC(=O)C1CC1c1cccc(Br)c1. The maximum atomic E-state index is 12.1. The Morgan fingerprint density at radius 3 is 3.00 bits per heavy atom. The van der Waals surface area contributed by atoms with Crippen LogP contribution in [-0.2, 0) is 9.53 Å². The summed E-state index contributed by atoms with van der Waals surface area (Å²) in [5.74, 6) is 0.659. The van der Waals surface area contributed by atoms with E-state index >= 15 is 0 Å². The van der Waals surface area contributed by atoms with Crippen molar-refractivity contribution in [1.82, 2.24) is 5.32 Å². The number of hydrogen-bond acceptors (Lipinski definition) is 2. The normalized spacial score (nSPS) is 22.9. The van der Waals surface area contributed by atoms with Crippen LogP contribution in [0.5, 0.6) is 0 Å². The molecule has 1 saturated carbocycles. The third kappa shape index (κ3) is 3.80. The van der Waals surface area contributed by atoms with Gasteiger partial charge in [-0.15, -0.1) is 0 Å². The summed E-state index contributed by atoms with van der Waals surface area (Å²) in [5.41, 5.74) is 1.24. The van der Waals surface area contributed by atoms with Crippen molar-refractivity contribution in [1.29, 1.82) is 0 Å². The van der Waals surface area contributed by atoms with Gasteiger partial charge in [0.1, 0.15) is 0 Å². The van der Waals surface area contributed by atoms with Crippen LogP contribution in [-0.4, -0.2) is 25.7 Å². The highest BCUT2D eigenvalue weighted by atomic mass is 79.9. The second kappa shape index (κ2) is 6.53. The summed E-state index contributed by atoms with van der Waals surface area (Å²) in [4.78, 5) is 12.1. The topological polar surface area (TPSA) is 38.3 Å². The molecular formula is C15H20BrNO2. The van der Waals surface area contributed by atoms with E-state index in [0.717, 1.165) is 17.3 Å². The molecule has 104 valence electrons. The van der Waals surface area contributed by atoms with Gasteiger partial charge >= 0.3 is 0 Å². The van der Waals surface area contributed by atoms with Gasteiger partial charge in [-0.25, -0.2) is 0 Å². The number of ether oxygens (including phenoxy) is 1. The lowest BCUT2D eigenvalue weighted by molar-refractivity contribution is -0.123. The first-order valence-corrected chi connectivity index (χ1v) is 7.49. The van der Waals surface area contributed by atoms with Crippen molar-refractivity contribution in [2.24, 2.45) is 5.92 Å². The molecule has 0 aromatic heterocycles. The predicted molar refractivity (Wildman–Crippen MR) is 79.1 cm³/mol. The largest absolute Gasteiger partial charge is 0.383 e. The second-order valence-electron chi connectivity index (χ2n) is 5.07. The van der Waals surface area contributed by atoms with Gasteiger partial charge < -0.3 is 10.1 Å². The van der Waals surface area contributed by atoms with Crippen molar-refractivity contribution in [2.45, 2.75) is 31.7 Å². The van der Waals surface area contributed by atoms with E-state index in [9.17, 15) is 4.79 Å². The fourth-order valence-corrected chi connectivity index (χ4v) is 2.78. The molecule has 0 radical (unpaired) electrons. The van der Waals surface area contributed by atoms with Crippen molar-refractivity contribution in [2.75, 3.05) is 13.7 Å². The first kappa shape index (κ1) is 14.5. The van der Waals surface area contributed by atoms with Crippen molar-refractivity contribution < 1.29 is 9.53 Å².